The van der Waals surface area contributed by atoms with Crippen molar-refractivity contribution in [2.24, 2.45) is 0 Å². The SMILES string of the molecule is C=C(CO)COc1ccc(Oc2ccccc2)cc1. The summed E-state index contributed by atoms with van der Waals surface area (Å²) in [5, 5.41) is 8.82. The molecule has 3 heteroatoms. The highest BCUT2D eigenvalue weighted by Crippen LogP contribution is 2.23. The largest absolute Gasteiger partial charge is 0.489 e. The van der Waals surface area contributed by atoms with Gasteiger partial charge in [0.2, 0.25) is 0 Å². The molecule has 2 aromatic carbocycles. The quantitative estimate of drug-likeness (QED) is 0.805. The minimum absolute atomic E-state index is 0.0603. The van der Waals surface area contributed by atoms with Crippen molar-refractivity contribution < 1.29 is 14.6 Å². The number of para-hydroxylation sites is 1. The standard InChI is InChI=1S/C16H16O3/c1-13(11-17)12-18-14-7-9-16(10-8-14)19-15-5-3-2-4-6-15/h2-10,17H,1,11-12H2. The molecule has 0 amide bonds. The predicted molar refractivity (Wildman–Crippen MR) is 74.7 cm³/mol. The molecule has 0 aliphatic heterocycles. The van der Waals surface area contributed by atoms with E-state index in [1.807, 2.05) is 54.6 Å². The topological polar surface area (TPSA) is 38.7 Å². The molecule has 0 aromatic heterocycles. The predicted octanol–water partition coefficient (Wildman–Crippen LogP) is 3.41. The van der Waals surface area contributed by atoms with Crippen LogP contribution in [0.25, 0.3) is 0 Å². The van der Waals surface area contributed by atoms with E-state index in [1.54, 1.807) is 0 Å². The zero-order chi connectivity index (χ0) is 13.5. The van der Waals surface area contributed by atoms with Gasteiger partial charge in [-0.05, 0) is 42.0 Å². The summed E-state index contributed by atoms with van der Waals surface area (Å²) in [6.45, 7) is 3.92. The first-order valence-electron chi connectivity index (χ1n) is 6.01. The van der Waals surface area contributed by atoms with Crippen molar-refractivity contribution in [1.29, 1.82) is 0 Å². The molecule has 0 aliphatic rings. The number of ether oxygens (including phenoxy) is 2. The lowest BCUT2D eigenvalue weighted by molar-refractivity contribution is 0.288. The van der Waals surface area contributed by atoms with Crippen molar-refractivity contribution in [2.45, 2.75) is 0 Å². The molecular formula is C16H16O3. The Hall–Kier alpha value is -2.26. The molecule has 0 saturated carbocycles. The van der Waals surface area contributed by atoms with Crippen LogP contribution in [-0.2, 0) is 0 Å². The Balaban J connectivity index is 1.93. The Bertz CT molecular complexity index is 517. The van der Waals surface area contributed by atoms with Gasteiger partial charge < -0.3 is 14.6 Å². The van der Waals surface area contributed by atoms with Gasteiger partial charge in [-0.1, -0.05) is 24.8 Å². The van der Waals surface area contributed by atoms with Crippen LogP contribution in [0.1, 0.15) is 0 Å². The average molecular weight is 256 g/mol. The van der Waals surface area contributed by atoms with Gasteiger partial charge in [-0.2, -0.15) is 0 Å². The maximum absolute atomic E-state index is 8.82. The molecule has 98 valence electrons. The molecule has 2 aromatic rings. The summed E-state index contributed by atoms with van der Waals surface area (Å²) >= 11 is 0. The van der Waals surface area contributed by atoms with E-state index in [2.05, 4.69) is 6.58 Å². The van der Waals surface area contributed by atoms with Gasteiger partial charge in [0.25, 0.3) is 0 Å². The number of aliphatic hydroxyl groups is 1. The molecule has 0 fully saturated rings. The zero-order valence-corrected chi connectivity index (χ0v) is 10.6. The summed E-state index contributed by atoms with van der Waals surface area (Å²) in [4.78, 5) is 0. The molecule has 0 saturated heterocycles. The van der Waals surface area contributed by atoms with E-state index >= 15 is 0 Å². The first-order valence-corrected chi connectivity index (χ1v) is 6.01. The molecule has 19 heavy (non-hydrogen) atoms. The highest BCUT2D eigenvalue weighted by molar-refractivity contribution is 5.35. The maximum Gasteiger partial charge on any atom is 0.127 e. The normalized spacial score (nSPS) is 9.95. The Morgan fingerprint density at radius 1 is 0.895 bits per heavy atom. The molecule has 0 aliphatic carbocycles. The van der Waals surface area contributed by atoms with Crippen molar-refractivity contribution in [2.75, 3.05) is 13.2 Å². The minimum atomic E-state index is -0.0603. The van der Waals surface area contributed by atoms with Gasteiger partial charge in [-0.15, -0.1) is 0 Å². The summed E-state index contributed by atoms with van der Waals surface area (Å²) < 4.78 is 11.1. The van der Waals surface area contributed by atoms with E-state index < -0.39 is 0 Å². The van der Waals surface area contributed by atoms with Crippen LogP contribution in [0, 0.1) is 0 Å². The number of benzene rings is 2. The molecule has 0 unspecified atom stereocenters. The van der Waals surface area contributed by atoms with Gasteiger partial charge in [0.05, 0.1) is 6.61 Å². The summed E-state index contributed by atoms with van der Waals surface area (Å²) in [6.07, 6.45) is 0. The maximum atomic E-state index is 8.82. The number of aliphatic hydroxyl groups excluding tert-OH is 1. The van der Waals surface area contributed by atoms with Gasteiger partial charge in [-0.25, -0.2) is 0 Å². The van der Waals surface area contributed by atoms with Crippen LogP contribution in [0.3, 0.4) is 0 Å². The van der Waals surface area contributed by atoms with Gasteiger partial charge in [0.1, 0.15) is 23.9 Å². The first-order chi connectivity index (χ1) is 9.28. The van der Waals surface area contributed by atoms with Gasteiger partial charge in [0.15, 0.2) is 0 Å². The van der Waals surface area contributed by atoms with Crippen LogP contribution in [0.15, 0.2) is 66.7 Å². The number of rotatable bonds is 6. The molecule has 0 radical (unpaired) electrons. The van der Waals surface area contributed by atoms with E-state index in [0.717, 1.165) is 17.2 Å². The van der Waals surface area contributed by atoms with Crippen molar-refractivity contribution >= 4 is 0 Å². The van der Waals surface area contributed by atoms with Crippen molar-refractivity contribution in [1.82, 2.24) is 0 Å². The van der Waals surface area contributed by atoms with Crippen LogP contribution in [-0.4, -0.2) is 18.3 Å². The van der Waals surface area contributed by atoms with Crippen LogP contribution >= 0.6 is 0 Å². The molecular weight excluding hydrogens is 240 g/mol. The fraction of sp³-hybridized carbons (Fsp3) is 0.125. The van der Waals surface area contributed by atoms with E-state index in [4.69, 9.17) is 14.6 Å². The van der Waals surface area contributed by atoms with Gasteiger partial charge in [0, 0.05) is 0 Å². The Morgan fingerprint density at radius 3 is 2.11 bits per heavy atom. The third kappa shape index (κ3) is 4.16. The van der Waals surface area contributed by atoms with E-state index in [9.17, 15) is 0 Å². The molecule has 2 rings (SSSR count). The highest BCUT2D eigenvalue weighted by atomic mass is 16.5. The van der Waals surface area contributed by atoms with E-state index in [1.165, 1.54) is 0 Å². The van der Waals surface area contributed by atoms with Crippen molar-refractivity contribution in [3.8, 4) is 17.2 Å². The average Bonchev–Trinajstić information content (AvgIpc) is 2.47. The molecule has 0 spiro atoms. The smallest absolute Gasteiger partial charge is 0.127 e. The first kappa shape index (κ1) is 13.2. The highest BCUT2D eigenvalue weighted by Gasteiger charge is 1.99. The lowest BCUT2D eigenvalue weighted by atomic mass is 10.3. The summed E-state index contributed by atoms with van der Waals surface area (Å²) in [7, 11) is 0. The Morgan fingerprint density at radius 2 is 1.47 bits per heavy atom. The van der Waals surface area contributed by atoms with Gasteiger partial charge >= 0.3 is 0 Å². The molecule has 0 bridgehead atoms. The monoisotopic (exact) mass is 256 g/mol. The van der Waals surface area contributed by atoms with Crippen LogP contribution < -0.4 is 9.47 Å². The lowest BCUT2D eigenvalue weighted by Gasteiger charge is -2.08. The number of hydrogen-bond acceptors (Lipinski definition) is 3. The Kier molecular flexibility index (Phi) is 4.59. The van der Waals surface area contributed by atoms with Crippen LogP contribution in [0.4, 0.5) is 0 Å². The third-order valence-corrected chi connectivity index (χ3v) is 2.47. The van der Waals surface area contributed by atoms with Gasteiger partial charge in [-0.3, -0.25) is 0 Å². The zero-order valence-electron chi connectivity index (χ0n) is 10.6. The van der Waals surface area contributed by atoms with Crippen LogP contribution in [0.2, 0.25) is 0 Å². The third-order valence-electron chi connectivity index (χ3n) is 2.47. The van der Waals surface area contributed by atoms with Crippen molar-refractivity contribution in [3.05, 3.63) is 66.7 Å². The van der Waals surface area contributed by atoms with Crippen molar-refractivity contribution in [3.63, 3.8) is 0 Å². The minimum Gasteiger partial charge on any atom is -0.489 e. The summed E-state index contributed by atoms with van der Waals surface area (Å²) in [5.41, 5.74) is 0.643. The molecule has 3 nitrogen and oxygen atoms in total. The molecule has 0 atom stereocenters. The second-order valence-corrected chi connectivity index (χ2v) is 4.08. The molecule has 0 heterocycles. The fourth-order valence-corrected chi connectivity index (χ4v) is 1.46. The Labute approximate surface area is 112 Å². The second-order valence-electron chi connectivity index (χ2n) is 4.08. The van der Waals surface area contributed by atoms with E-state index in [0.29, 0.717) is 12.2 Å². The molecule has 1 N–H and O–H groups in total. The summed E-state index contributed by atoms with van der Waals surface area (Å²) in [5.74, 6) is 2.26. The fourth-order valence-electron chi connectivity index (χ4n) is 1.46. The lowest BCUT2D eigenvalue weighted by Crippen LogP contribution is -2.03. The second kappa shape index (κ2) is 6.61. The van der Waals surface area contributed by atoms with E-state index in [-0.39, 0.29) is 6.61 Å². The number of hydrogen-bond donors (Lipinski definition) is 1. The van der Waals surface area contributed by atoms with Crippen LogP contribution in [0.5, 0.6) is 17.2 Å². The summed E-state index contributed by atoms with van der Waals surface area (Å²) in [6, 6.07) is 16.9.